The van der Waals surface area contributed by atoms with E-state index in [4.69, 9.17) is 9.26 Å². The molecule has 1 aromatic carbocycles. The summed E-state index contributed by atoms with van der Waals surface area (Å²) in [6.07, 6.45) is 1.70. The SMILES string of the molecule is COc1cc(-c2nc(-c3cc(C)ccn3)no2)ccc1O. The summed E-state index contributed by atoms with van der Waals surface area (Å²) >= 11 is 0. The minimum atomic E-state index is 0.0568. The van der Waals surface area contributed by atoms with E-state index in [0.717, 1.165) is 5.56 Å². The van der Waals surface area contributed by atoms with Crippen molar-refractivity contribution < 1.29 is 14.4 Å². The molecule has 0 amide bonds. The quantitative estimate of drug-likeness (QED) is 0.796. The van der Waals surface area contributed by atoms with Crippen molar-refractivity contribution >= 4 is 0 Å². The van der Waals surface area contributed by atoms with Crippen LogP contribution in [-0.2, 0) is 0 Å². The molecule has 0 spiro atoms. The average Bonchev–Trinajstić information content (AvgIpc) is 2.97. The lowest BCUT2D eigenvalue weighted by Gasteiger charge is -2.03. The van der Waals surface area contributed by atoms with Crippen LogP contribution in [0.2, 0.25) is 0 Å². The second kappa shape index (κ2) is 5.24. The number of ether oxygens (including phenoxy) is 1. The van der Waals surface area contributed by atoms with Crippen LogP contribution in [0.25, 0.3) is 23.0 Å². The van der Waals surface area contributed by atoms with Crippen molar-refractivity contribution in [2.75, 3.05) is 7.11 Å². The van der Waals surface area contributed by atoms with Crippen LogP contribution in [0.5, 0.6) is 11.5 Å². The number of benzene rings is 1. The minimum absolute atomic E-state index is 0.0568. The van der Waals surface area contributed by atoms with E-state index in [0.29, 0.717) is 28.7 Å². The Bertz CT molecular complexity index is 783. The number of hydrogen-bond donors (Lipinski definition) is 1. The van der Waals surface area contributed by atoms with E-state index < -0.39 is 0 Å². The lowest BCUT2D eigenvalue weighted by atomic mass is 10.2. The molecule has 0 bridgehead atoms. The van der Waals surface area contributed by atoms with E-state index in [1.54, 1.807) is 18.3 Å². The maximum absolute atomic E-state index is 9.59. The molecule has 0 aliphatic carbocycles. The fourth-order valence-corrected chi connectivity index (χ4v) is 1.91. The highest BCUT2D eigenvalue weighted by atomic mass is 16.5. The normalized spacial score (nSPS) is 10.6. The van der Waals surface area contributed by atoms with Gasteiger partial charge in [-0.15, -0.1) is 0 Å². The fraction of sp³-hybridized carbons (Fsp3) is 0.133. The van der Waals surface area contributed by atoms with Gasteiger partial charge in [0.05, 0.1) is 7.11 Å². The summed E-state index contributed by atoms with van der Waals surface area (Å²) in [5, 5.41) is 13.5. The first-order chi connectivity index (χ1) is 10.2. The first kappa shape index (κ1) is 13.1. The molecular formula is C15H13N3O3. The first-order valence-electron chi connectivity index (χ1n) is 6.31. The predicted octanol–water partition coefficient (Wildman–Crippen LogP) is 2.82. The van der Waals surface area contributed by atoms with Gasteiger partial charge >= 0.3 is 0 Å². The average molecular weight is 283 g/mol. The molecule has 0 unspecified atom stereocenters. The third-order valence-electron chi connectivity index (χ3n) is 3.00. The van der Waals surface area contributed by atoms with Gasteiger partial charge in [-0.05, 0) is 42.8 Å². The third-order valence-corrected chi connectivity index (χ3v) is 3.00. The van der Waals surface area contributed by atoms with Gasteiger partial charge in [0.2, 0.25) is 5.82 Å². The standard InChI is InChI=1S/C15H13N3O3/c1-9-5-6-16-11(7-9)14-17-15(21-18-14)10-3-4-12(19)13(8-10)20-2/h3-8,19H,1-2H3. The summed E-state index contributed by atoms with van der Waals surface area (Å²) in [6, 6.07) is 8.61. The maximum Gasteiger partial charge on any atom is 0.258 e. The highest BCUT2D eigenvalue weighted by Gasteiger charge is 2.13. The molecule has 0 fully saturated rings. The molecule has 1 N–H and O–H groups in total. The zero-order valence-corrected chi connectivity index (χ0v) is 11.6. The molecular weight excluding hydrogens is 270 g/mol. The Balaban J connectivity index is 1.98. The summed E-state index contributed by atoms with van der Waals surface area (Å²) < 4.78 is 10.3. The van der Waals surface area contributed by atoms with Crippen LogP contribution in [0.1, 0.15) is 5.56 Å². The molecule has 3 aromatic rings. The van der Waals surface area contributed by atoms with E-state index in [1.807, 2.05) is 19.1 Å². The van der Waals surface area contributed by atoms with Crippen molar-refractivity contribution in [3.63, 3.8) is 0 Å². The van der Waals surface area contributed by atoms with Gasteiger partial charge in [-0.25, -0.2) is 0 Å². The Morgan fingerprint density at radius 2 is 2.05 bits per heavy atom. The summed E-state index contributed by atoms with van der Waals surface area (Å²) in [5.41, 5.74) is 2.38. The van der Waals surface area contributed by atoms with Gasteiger partial charge < -0.3 is 14.4 Å². The van der Waals surface area contributed by atoms with Crippen LogP contribution < -0.4 is 4.74 Å². The van der Waals surface area contributed by atoms with Crippen LogP contribution in [0.4, 0.5) is 0 Å². The molecule has 106 valence electrons. The third kappa shape index (κ3) is 2.55. The molecule has 21 heavy (non-hydrogen) atoms. The smallest absolute Gasteiger partial charge is 0.258 e. The number of aromatic hydroxyl groups is 1. The van der Waals surface area contributed by atoms with E-state index in [9.17, 15) is 5.11 Å². The van der Waals surface area contributed by atoms with E-state index >= 15 is 0 Å². The molecule has 0 aliphatic rings. The van der Waals surface area contributed by atoms with Crippen LogP contribution in [0.3, 0.4) is 0 Å². The van der Waals surface area contributed by atoms with Gasteiger partial charge in [-0.2, -0.15) is 4.98 Å². The van der Waals surface area contributed by atoms with Crippen LogP contribution in [-0.4, -0.2) is 27.3 Å². The molecule has 0 atom stereocenters. The van der Waals surface area contributed by atoms with Gasteiger partial charge in [-0.1, -0.05) is 5.16 Å². The molecule has 2 heterocycles. The molecule has 2 aromatic heterocycles. The number of aromatic nitrogens is 3. The first-order valence-corrected chi connectivity index (χ1v) is 6.31. The topological polar surface area (TPSA) is 81.3 Å². The van der Waals surface area contributed by atoms with Gasteiger partial charge in [0.1, 0.15) is 5.69 Å². The molecule has 3 rings (SSSR count). The fourth-order valence-electron chi connectivity index (χ4n) is 1.91. The number of aryl methyl sites for hydroxylation is 1. The number of nitrogens with zero attached hydrogens (tertiary/aromatic N) is 3. The Morgan fingerprint density at radius 3 is 2.81 bits per heavy atom. The highest BCUT2D eigenvalue weighted by molar-refractivity contribution is 5.61. The zero-order chi connectivity index (χ0) is 14.8. The molecule has 0 saturated carbocycles. The Kier molecular flexibility index (Phi) is 3.27. The van der Waals surface area contributed by atoms with Crippen molar-refractivity contribution in [2.24, 2.45) is 0 Å². The van der Waals surface area contributed by atoms with Crippen LogP contribution in [0.15, 0.2) is 41.1 Å². The van der Waals surface area contributed by atoms with Crippen LogP contribution in [0, 0.1) is 6.92 Å². The van der Waals surface area contributed by atoms with E-state index in [-0.39, 0.29) is 5.75 Å². The van der Waals surface area contributed by atoms with E-state index in [2.05, 4.69) is 15.1 Å². The number of rotatable bonds is 3. The minimum Gasteiger partial charge on any atom is -0.504 e. The van der Waals surface area contributed by atoms with Gasteiger partial charge in [0.15, 0.2) is 11.5 Å². The summed E-state index contributed by atoms with van der Waals surface area (Å²) in [7, 11) is 1.48. The number of pyridine rings is 1. The summed E-state index contributed by atoms with van der Waals surface area (Å²) in [6.45, 7) is 1.97. The van der Waals surface area contributed by atoms with Crippen molar-refractivity contribution in [3.8, 4) is 34.5 Å². The molecule has 0 saturated heterocycles. The van der Waals surface area contributed by atoms with Crippen molar-refractivity contribution in [1.82, 2.24) is 15.1 Å². The number of phenols is 1. The second-order valence-electron chi connectivity index (χ2n) is 4.53. The predicted molar refractivity (Wildman–Crippen MR) is 75.9 cm³/mol. The largest absolute Gasteiger partial charge is 0.504 e. The number of hydrogen-bond acceptors (Lipinski definition) is 6. The molecule has 0 radical (unpaired) electrons. The van der Waals surface area contributed by atoms with Crippen molar-refractivity contribution in [2.45, 2.75) is 6.92 Å². The van der Waals surface area contributed by atoms with Gasteiger partial charge in [0.25, 0.3) is 5.89 Å². The lowest BCUT2D eigenvalue weighted by Crippen LogP contribution is -1.87. The molecule has 6 heteroatoms. The van der Waals surface area contributed by atoms with Crippen molar-refractivity contribution in [1.29, 1.82) is 0 Å². The molecule has 6 nitrogen and oxygen atoms in total. The van der Waals surface area contributed by atoms with Gasteiger partial charge in [0, 0.05) is 11.8 Å². The Labute approximate surface area is 121 Å². The van der Waals surface area contributed by atoms with Crippen molar-refractivity contribution in [3.05, 3.63) is 42.1 Å². The number of phenolic OH excluding ortho intramolecular Hbond substituents is 1. The van der Waals surface area contributed by atoms with E-state index in [1.165, 1.54) is 13.2 Å². The summed E-state index contributed by atoms with van der Waals surface area (Å²) in [4.78, 5) is 8.53. The Hall–Kier alpha value is -2.89. The second-order valence-corrected chi connectivity index (χ2v) is 4.53. The lowest BCUT2D eigenvalue weighted by molar-refractivity contribution is 0.373. The maximum atomic E-state index is 9.59. The van der Waals surface area contributed by atoms with Gasteiger partial charge in [-0.3, -0.25) is 4.98 Å². The summed E-state index contributed by atoms with van der Waals surface area (Å²) in [5.74, 6) is 1.16. The molecule has 0 aliphatic heterocycles. The monoisotopic (exact) mass is 283 g/mol. The Morgan fingerprint density at radius 1 is 1.19 bits per heavy atom. The number of methoxy groups -OCH3 is 1. The van der Waals surface area contributed by atoms with Crippen LogP contribution >= 0.6 is 0 Å². The highest BCUT2D eigenvalue weighted by Crippen LogP contribution is 2.31. The zero-order valence-electron chi connectivity index (χ0n) is 11.6.